The van der Waals surface area contributed by atoms with Crippen LogP contribution in [-0.4, -0.2) is 24.2 Å². The van der Waals surface area contributed by atoms with Gasteiger partial charge < -0.3 is 15.2 Å². The summed E-state index contributed by atoms with van der Waals surface area (Å²) in [5.41, 5.74) is 6.87. The molecule has 2 rings (SSSR count). The fourth-order valence-electron chi connectivity index (χ4n) is 1.67. The standard InChI is InChI=1S/C13H14FN3O2/c1-18-7-9-6-12(15)17-13(16-9)8-3-4-11(19-2)10(14)5-8/h3-6H,7H2,1-2H3,(H2,15,16,17). The summed E-state index contributed by atoms with van der Waals surface area (Å²) in [6.07, 6.45) is 0. The van der Waals surface area contributed by atoms with Crippen molar-refractivity contribution in [3.8, 4) is 17.1 Å². The largest absolute Gasteiger partial charge is 0.494 e. The number of hydrogen-bond acceptors (Lipinski definition) is 5. The van der Waals surface area contributed by atoms with Gasteiger partial charge in [-0.1, -0.05) is 0 Å². The fraction of sp³-hybridized carbons (Fsp3) is 0.231. The highest BCUT2D eigenvalue weighted by Gasteiger charge is 2.09. The first kappa shape index (κ1) is 13.2. The van der Waals surface area contributed by atoms with Crippen molar-refractivity contribution in [1.29, 1.82) is 0 Å². The fourth-order valence-corrected chi connectivity index (χ4v) is 1.67. The number of methoxy groups -OCH3 is 2. The summed E-state index contributed by atoms with van der Waals surface area (Å²) >= 11 is 0. The van der Waals surface area contributed by atoms with E-state index in [9.17, 15) is 4.39 Å². The quantitative estimate of drug-likeness (QED) is 0.913. The molecule has 0 bridgehead atoms. The summed E-state index contributed by atoms with van der Waals surface area (Å²) in [4.78, 5) is 8.35. The van der Waals surface area contributed by atoms with Crippen LogP contribution < -0.4 is 10.5 Å². The predicted octanol–water partition coefficient (Wildman–Crippen LogP) is 2.02. The van der Waals surface area contributed by atoms with Crippen LogP contribution >= 0.6 is 0 Å². The maximum Gasteiger partial charge on any atom is 0.165 e. The van der Waals surface area contributed by atoms with Gasteiger partial charge in [0.1, 0.15) is 5.82 Å². The molecule has 0 aliphatic heterocycles. The zero-order chi connectivity index (χ0) is 13.8. The zero-order valence-electron chi connectivity index (χ0n) is 10.7. The lowest BCUT2D eigenvalue weighted by molar-refractivity contribution is 0.181. The van der Waals surface area contributed by atoms with E-state index in [-0.39, 0.29) is 5.75 Å². The van der Waals surface area contributed by atoms with Gasteiger partial charge in [-0.2, -0.15) is 0 Å². The number of halogens is 1. The number of benzene rings is 1. The Morgan fingerprint density at radius 2 is 2.00 bits per heavy atom. The second-order valence-corrected chi connectivity index (χ2v) is 3.89. The average molecular weight is 263 g/mol. The first-order valence-electron chi connectivity index (χ1n) is 5.60. The van der Waals surface area contributed by atoms with Crippen molar-refractivity contribution in [1.82, 2.24) is 9.97 Å². The summed E-state index contributed by atoms with van der Waals surface area (Å²) in [5, 5.41) is 0. The van der Waals surface area contributed by atoms with Crippen LogP contribution in [0.2, 0.25) is 0 Å². The molecule has 5 nitrogen and oxygen atoms in total. The van der Waals surface area contributed by atoms with Gasteiger partial charge in [0, 0.05) is 18.7 Å². The van der Waals surface area contributed by atoms with Crippen LogP contribution in [0, 0.1) is 5.82 Å². The monoisotopic (exact) mass is 263 g/mol. The molecule has 2 aromatic rings. The SMILES string of the molecule is COCc1cc(N)nc(-c2ccc(OC)c(F)c2)n1. The number of nitrogen functional groups attached to an aromatic ring is 1. The van der Waals surface area contributed by atoms with Gasteiger partial charge in [-0.15, -0.1) is 0 Å². The van der Waals surface area contributed by atoms with Gasteiger partial charge in [0.05, 0.1) is 19.4 Å². The van der Waals surface area contributed by atoms with Crippen LogP contribution in [0.3, 0.4) is 0 Å². The topological polar surface area (TPSA) is 70.3 Å². The van der Waals surface area contributed by atoms with Gasteiger partial charge in [-0.25, -0.2) is 14.4 Å². The second kappa shape index (κ2) is 5.62. The van der Waals surface area contributed by atoms with Crippen LogP contribution in [0.4, 0.5) is 10.2 Å². The lowest BCUT2D eigenvalue weighted by atomic mass is 10.2. The molecule has 0 aliphatic rings. The Bertz CT molecular complexity index is 590. The smallest absolute Gasteiger partial charge is 0.165 e. The summed E-state index contributed by atoms with van der Waals surface area (Å²) in [7, 11) is 2.97. The minimum absolute atomic E-state index is 0.171. The van der Waals surface area contributed by atoms with Crippen molar-refractivity contribution in [2.45, 2.75) is 6.61 Å². The number of ether oxygens (including phenoxy) is 2. The molecule has 0 aliphatic carbocycles. The number of aromatic nitrogens is 2. The third-order valence-corrected chi connectivity index (χ3v) is 2.50. The van der Waals surface area contributed by atoms with E-state index in [1.54, 1.807) is 19.2 Å². The third kappa shape index (κ3) is 2.97. The molecule has 0 fully saturated rings. The minimum atomic E-state index is -0.473. The van der Waals surface area contributed by atoms with Gasteiger partial charge in [0.25, 0.3) is 0 Å². The van der Waals surface area contributed by atoms with Crippen molar-refractivity contribution in [3.63, 3.8) is 0 Å². The number of hydrogen-bond donors (Lipinski definition) is 1. The molecule has 1 aromatic carbocycles. The van der Waals surface area contributed by atoms with Crippen molar-refractivity contribution >= 4 is 5.82 Å². The molecule has 0 unspecified atom stereocenters. The normalized spacial score (nSPS) is 10.5. The van der Waals surface area contributed by atoms with Crippen molar-refractivity contribution in [2.24, 2.45) is 0 Å². The first-order chi connectivity index (χ1) is 9.13. The van der Waals surface area contributed by atoms with E-state index in [0.29, 0.717) is 29.5 Å². The lowest BCUT2D eigenvalue weighted by Crippen LogP contribution is -2.01. The van der Waals surface area contributed by atoms with Crippen LogP contribution in [0.5, 0.6) is 5.75 Å². The van der Waals surface area contributed by atoms with Crippen LogP contribution in [-0.2, 0) is 11.3 Å². The Labute approximate surface area is 110 Å². The first-order valence-corrected chi connectivity index (χ1v) is 5.60. The average Bonchev–Trinajstić information content (AvgIpc) is 2.38. The van der Waals surface area contributed by atoms with Crippen LogP contribution in [0.15, 0.2) is 24.3 Å². The molecule has 6 heteroatoms. The van der Waals surface area contributed by atoms with Gasteiger partial charge in [0.2, 0.25) is 0 Å². The maximum absolute atomic E-state index is 13.6. The van der Waals surface area contributed by atoms with E-state index in [0.717, 1.165) is 0 Å². The van der Waals surface area contributed by atoms with E-state index in [2.05, 4.69) is 9.97 Å². The van der Waals surface area contributed by atoms with E-state index in [1.165, 1.54) is 19.2 Å². The Balaban J connectivity index is 2.43. The van der Waals surface area contributed by atoms with Gasteiger partial charge in [-0.05, 0) is 18.2 Å². The van der Waals surface area contributed by atoms with Crippen molar-refractivity contribution in [2.75, 3.05) is 20.0 Å². The van der Waals surface area contributed by atoms with E-state index >= 15 is 0 Å². The number of nitrogens with two attached hydrogens (primary N) is 1. The Kier molecular flexibility index (Phi) is 3.91. The molecule has 1 aromatic heterocycles. The van der Waals surface area contributed by atoms with E-state index in [4.69, 9.17) is 15.2 Å². The molecular formula is C13H14FN3O2. The summed E-state index contributed by atoms with van der Waals surface area (Å²) in [6, 6.07) is 6.12. The number of nitrogens with zero attached hydrogens (tertiary/aromatic N) is 2. The molecular weight excluding hydrogens is 249 g/mol. The molecule has 2 N–H and O–H groups in total. The molecule has 0 atom stereocenters. The maximum atomic E-state index is 13.6. The lowest BCUT2D eigenvalue weighted by Gasteiger charge is -2.07. The molecule has 0 radical (unpaired) electrons. The molecule has 0 saturated carbocycles. The molecule has 19 heavy (non-hydrogen) atoms. The zero-order valence-corrected chi connectivity index (χ0v) is 10.7. The highest BCUT2D eigenvalue weighted by atomic mass is 19.1. The number of anilines is 1. The van der Waals surface area contributed by atoms with E-state index < -0.39 is 5.82 Å². The molecule has 100 valence electrons. The second-order valence-electron chi connectivity index (χ2n) is 3.89. The van der Waals surface area contributed by atoms with Gasteiger partial charge in [-0.3, -0.25) is 0 Å². The molecule has 0 saturated heterocycles. The summed E-state index contributed by atoms with van der Waals surface area (Å²) in [5.74, 6) is 0.367. The third-order valence-electron chi connectivity index (χ3n) is 2.50. The summed E-state index contributed by atoms with van der Waals surface area (Å²) < 4.78 is 23.5. The van der Waals surface area contributed by atoms with Crippen LogP contribution in [0.25, 0.3) is 11.4 Å². The van der Waals surface area contributed by atoms with Crippen LogP contribution in [0.1, 0.15) is 5.69 Å². The Hall–Kier alpha value is -2.21. The number of rotatable bonds is 4. The minimum Gasteiger partial charge on any atom is -0.494 e. The van der Waals surface area contributed by atoms with Crippen molar-refractivity contribution < 1.29 is 13.9 Å². The summed E-state index contributed by atoms with van der Waals surface area (Å²) in [6.45, 7) is 0.318. The Morgan fingerprint density at radius 3 is 2.63 bits per heavy atom. The van der Waals surface area contributed by atoms with Gasteiger partial charge >= 0.3 is 0 Å². The predicted molar refractivity (Wildman–Crippen MR) is 69.1 cm³/mol. The highest BCUT2D eigenvalue weighted by molar-refractivity contribution is 5.58. The molecule has 1 heterocycles. The highest BCUT2D eigenvalue weighted by Crippen LogP contribution is 2.24. The molecule has 0 amide bonds. The van der Waals surface area contributed by atoms with Gasteiger partial charge in [0.15, 0.2) is 17.4 Å². The van der Waals surface area contributed by atoms with E-state index in [1.807, 2.05) is 0 Å². The molecule has 0 spiro atoms. The van der Waals surface area contributed by atoms with Crippen molar-refractivity contribution in [3.05, 3.63) is 35.8 Å². The Morgan fingerprint density at radius 1 is 1.21 bits per heavy atom.